The summed E-state index contributed by atoms with van der Waals surface area (Å²) in [4.78, 5) is 26.9. The van der Waals surface area contributed by atoms with Crippen LogP contribution >= 0.6 is 11.6 Å². The highest BCUT2D eigenvalue weighted by Crippen LogP contribution is 2.43. The van der Waals surface area contributed by atoms with Gasteiger partial charge in [0.25, 0.3) is 5.92 Å². The number of fused-ring (bicyclic) bond motifs is 2. The third kappa shape index (κ3) is 5.98. The number of phenolic OH excluding ortho intramolecular Hbond substituents is 1. The minimum atomic E-state index is -2.73. The van der Waals surface area contributed by atoms with Gasteiger partial charge in [0.05, 0.1) is 11.6 Å². The van der Waals surface area contributed by atoms with Crippen LogP contribution in [-0.2, 0) is 4.79 Å². The number of aromatic nitrogens is 2. The number of halogens is 4. The summed E-state index contributed by atoms with van der Waals surface area (Å²) < 4.78 is 50.1. The van der Waals surface area contributed by atoms with Crippen molar-refractivity contribution in [2.45, 2.75) is 38.3 Å². The number of likely N-dealkylation sites (tertiary alicyclic amines) is 1. The van der Waals surface area contributed by atoms with E-state index < -0.39 is 11.7 Å². The molecule has 8 nitrogen and oxygen atoms in total. The normalized spacial score (nSPS) is 20.2. The molecule has 1 aromatic heterocycles. The fourth-order valence-electron chi connectivity index (χ4n) is 6.30. The highest BCUT2D eigenvalue weighted by atomic mass is 35.5. The zero-order valence-corrected chi connectivity index (χ0v) is 25.7. The van der Waals surface area contributed by atoms with E-state index in [2.05, 4.69) is 16.5 Å². The van der Waals surface area contributed by atoms with Crippen molar-refractivity contribution in [3.05, 3.63) is 66.0 Å². The van der Waals surface area contributed by atoms with Crippen molar-refractivity contribution in [3.63, 3.8) is 0 Å². The molecule has 2 fully saturated rings. The molecule has 0 bridgehead atoms. The first kappa shape index (κ1) is 30.9. The Labute approximate surface area is 263 Å². The topological polar surface area (TPSA) is 82.0 Å². The van der Waals surface area contributed by atoms with E-state index in [0.29, 0.717) is 40.6 Å². The molecule has 2 aliphatic rings. The maximum atomic E-state index is 16.8. The second-order valence-electron chi connectivity index (χ2n) is 11.8. The number of hydrogen-bond donors (Lipinski definition) is 1. The first-order chi connectivity index (χ1) is 21.5. The van der Waals surface area contributed by atoms with Crippen LogP contribution in [0.5, 0.6) is 11.8 Å². The van der Waals surface area contributed by atoms with Gasteiger partial charge in [-0.15, -0.1) is 0 Å². The van der Waals surface area contributed by atoms with Crippen molar-refractivity contribution in [2.75, 3.05) is 44.2 Å². The van der Waals surface area contributed by atoms with Gasteiger partial charge >= 0.3 is 6.01 Å². The number of phenols is 1. The van der Waals surface area contributed by atoms with Crippen LogP contribution < -0.4 is 9.64 Å². The van der Waals surface area contributed by atoms with E-state index in [1.54, 1.807) is 21.9 Å². The van der Waals surface area contributed by atoms with Gasteiger partial charge in [-0.1, -0.05) is 42.4 Å². The number of carbonyl (C=O) groups is 1. The summed E-state index contributed by atoms with van der Waals surface area (Å²) in [6.07, 6.45) is 1.07. The molecule has 12 heteroatoms. The van der Waals surface area contributed by atoms with E-state index in [9.17, 15) is 18.7 Å². The SMILES string of the molecule is C=CC(=O)N1C[C@H](C)N(c2nc(OCCN3CCC(F)(F)C3)nc3c(F)c(-c4cc(O)cc5ccccc45)c(Cl)cc23)C[C@H]1C. The third-order valence-electron chi connectivity index (χ3n) is 8.56. The van der Waals surface area contributed by atoms with Gasteiger partial charge in [-0.25, -0.2) is 13.2 Å². The molecular weight excluding hydrogens is 607 g/mol. The number of anilines is 1. The fourth-order valence-corrected chi connectivity index (χ4v) is 6.60. The smallest absolute Gasteiger partial charge is 0.319 e. The van der Waals surface area contributed by atoms with Crippen molar-refractivity contribution in [3.8, 4) is 22.9 Å². The van der Waals surface area contributed by atoms with Crippen LogP contribution in [0.2, 0.25) is 5.02 Å². The zero-order chi connectivity index (χ0) is 32.0. The number of alkyl halides is 2. The van der Waals surface area contributed by atoms with Gasteiger partial charge in [-0.2, -0.15) is 9.97 Å². The summed E-state index contributed by atoms with van der Waals surface area (Å²) in [5, 5.41) is 12.3. The number of rotatable bonds is 7. The highest BCUT2D eigenvalue weighted by Gasteiger charge is 2.38. The predicted molar refractivity (Wildman–Crippen MR) is 169 cm³/mol. The zero-order valence-electron chi connectivity index (χ0n) is 24.9. The molecule has 2 saturated heterocycles. The van der Waals surface area contributed by atoms with Crippen LogP contribution in [0.25, 0.3) is 32.8 Å². The summed E-state index contributed by atoms with van der Waals surface area (Å²) >= 11 is 6.82. The average Bonchev–Trinajstić information content (AvgIpc) is 3.35. The lowest BCUT2D eigenvalue weighted by molar-refractivity contribution is -0.128. The summed E-state index contributed by atoms with van der Waals surface area (Å²) in [5.74, 6) is -3.31. The predicted octanol–water partition coefficient (Wildman–Crippen LogP) is 6.28. The van der Waals surface area contributed by atoms with Gasteiger partial charge in [0.2, 0.25) is 5.91 Å². The lowest BCUT2D eigenvalue weighted by atomic mass is 9.96. The number of piperazine rings is 1. The molecule has 45 heavy (non-hydrogen) atoms. The molecule has 3 aromatic carbocycles. The van der Waals surface area contributed by atoms with E-state index >= 15 is 4.39 Å². The molecule has 0 aliphatic carbocycles. The minimum absolute atomic E-state index is 0.0217. The van der Waals surface area contributed by atoms with Crippen LogP contribution in [-0.4, -0.2) is 88.1 Å². The van der Waals surface area contributed by atoms with Gasteiger partial charge in [0, 0.05) is 55.6 Å². The average molecular weight is 640 g/mol. The van der Waals surface area contributed by atoms with E-state index in [-0.39, 0.29) is 78.5 Å². The number of aromatic hydroxyl groups is 1. The van der Waals surface area contributed by atoms with Gasteiger partial charge in [0.1, 0.15) is 23.7 Å². The highest BCUT2D eigenvalue weighted by molar-refractivity contribution is 6.35. The Morgan fingerprint density at radius 1 is 1.16 bits per heavy atom. The molecule has 1 amide bonds. The quantitative estimate of drug-likeness (QED) is 0.238. The van der Waals surface area contributed by atoms with Crippen molar-refractivity contribution >= 4 is 45.0 Å². The Balaban J connectivity index is 1.45. The fraction of sp³-hybridized carbons (Fsp3) is 0.364. The molecule has 236 valence electrons. The van der Waals surface area contributed by atoms with Crippen LogP contribution in [0.15, 0.2) is 55.1 Å². The standard InChI is InChI=1S/C33H33ClF3N5O3/c1-4-27(44)41-16-20(3)42(17-19(41)2)31-25-15-26(34)28(24-14-22(43)13-21-7-5-6-8-23(21)24)29(35)30(25)38-32(39-31)45-12-11-40-10-9-33(36,37)18-40/h4-8,13-15,19-20,43H,1,9-12,16-18H2,2-3H3/t19-,20+/m1/s1. The molecule has 3 heterocycles. The molecule has 2 atom stereocenters. The summed E-state index contributed by atoms with van der Waals surface area (Å²) in [6, 6.07) is 11.4. The Morgan fingerprint density at radius 2 is 1.93 bits per heavy atom. The molecule has 6 rings (SSSR count). The largest absolute Gasteiger partial charge is 0.508 e. The maximum Gasteiger partial charge on any atom is 0.319 e. The summed E-state index contributed by atoms with van der Waals surface area (Å²) in [5.41, 5.74) is 0.416. The van der Waals surface area contributed by atoms with Crippen LogP contribution in [0.1, 0.15) is 20.3 Å². The van der Waals surface area contributed by atoms with E-state index in [1.807, 2.05) is 43.0 Å². The van der Waals surface area contributed by atoms with Gasteiger partial charge in [-0.05, 0) is 54.5 Å². The van der Waals surface area contributed by atoms with E-state index in [4.69, 9.17) is 16.3 Å². The van der Waals surface area contributed by atoms with Crippen LogP contribution in [0, 0.1) is 5.82 Å². The minimum Gasteiger partial charge on any atom is -0.508 e. The molecule has 1 N–H and O–H groups in total. The van der Waals surface area contributed by atoms with Gasteiger partial charge in [0.15, 0.2) is 5.82 Å². The van der Waals surface area contributed by atoms with Crippen LogP contribution in [0.3, 0.4) is 0 Å². The molecule has 0 unspecified atom stereocenters. The first-order valence-electron chi connectivity index (χ1n) is 14.8. The number of carbonyl (C=O) groups excluding carboxylic acids is 1. The Morgan fingerprint density at radius 3 is 2.67 bits per heavy atom. The van der Waals surface area contributed by atoms with Gasteiger partial charge in [-0.3, -0.25) is 9.69 Å². The van der Waals surface area contributed by atoms with Crippen molar-refractivity contribution in [1.82, 2.24) is 19.8 Å². The summed E-state index contributed by atoms with van der Waals surface area (Å²) in [6.45, 7) is 8.35. The number of nitrogens with zero attached hydrogens (tertiary/aromatic N) is 5. The first-order valence-corrected chi connectivity index (χ1v) is 15.2. The Kier molecular flexibility index (Phi) is 8.26. The molecule has 4 aromatic rings. The number of ether oxygens (including phenoxy) is 1. The lowest BCUT2D eigenvalue weighted by Gasteiger charge is -2.44. The third-order valence-corrected chi connectivity index (χ3v) is 8.86. The maximum absolute atomic E-state index is 16.8. The molecule has 2 aliphatic heterocycles. The lowest BCUT2D eigenvalue weighted by Crippen LogP contribution is -2.58. The Bertz CT molecular complexity index is 1810. The second-order valence-corrected chi connectivity index (χ2v) is 12.2. The molecule has 0 saturated carbocycles. The van der Waals surface area contributed by atoms with Crippen LogP contribution in [0.4, 0.5) is 19.0 Å². The summed E-state index contributed by atoms with van der Waals surface area (Å²) in [7, 11) is 0. The van der Waals surface area contributed by atoms with Crippen molar-refractivity contribution in [2.24, 2.45) is 0 Å². The van der Waals surface area contributed by atoms with Crippen molar-refractivity contribution in [1.29, 1.82) is 0 Å². The number of amides is 1. The van der Waals surface area contributed by atoms with Gasteiger partial charge < -0.3 is 19.6 Å². The second kappa shape index (κ2) is 12.0. The molecule has 0 spiro atoms. The number of benzene rings is 3. The van der Waals surface area contributed by atoms with Crippen molar-refractivity contribution < 1.29 is 27.8 Å². The van der Waals surface area contributed by atoms with E-state index in [0.717, 1.165) is 0 Å². The number of hydrogen-bond acceptors (Lipinski definition) is 7. The Hall–Kier alpha value is -4.09. The molecular formula is C33H33ClF3N5O3. The monoisotopic (exact) mass is 639 g/mol. The van der Waals surface area contributed by atoms with E-state index in [1.165, 1.54) is 12.1 Å². The molecule has 0 radical (unpaired) electrons.